The number of hydrogen-bond acceptors (Lipinski definition) is 2. The monoisotopic (exact) mass is 199 g/mol. The lowest BCUT2D eigenvalue weighted by molar-refractivity contribution is 0.187. The fraction of sp³-hybridized carbons (Fsp3) is 0.900. The summed E-state index contributed by atoms with van der Waals surface area (Å²) in [6, 6.07) is 0.474. The van der Waals surface area contributed by atoms with Crippen molar-refractivity contribution in [1.82, 2.24) is 10.2 Å². The van der Waals surface area contributed by atoms with Crippen molar-refractivity contribution < 1.29 is 4.79 Å². The van der Waals surface area contributed by atoms with Gasteiger partial charge in [0.05, 0.1) is 0 Å². The van der Waals surface area contributed by atoms with Crippen LogP contribution in [-0.2, 0) is 0 Å². The Labute approximate surface area is 85.8 Å². The number of carbonyl (C=O) groups excluding carboxylic acids is 1. The molecule has 1 aliphatic rings. The second kappa shape index (κ2) is 5.86. The van der Waals surface area contributed by atoms with Crippen LogP contribution < -0.4 is 11.1 Å². The van der Waals surface area contributed by atoms with E-state index in [4.69, 9.17) is 5.73 Å². The van der Waals surface area contributed by atoms with Crippen LogP contribution in [0.4, 0.5) is 4.79 Å². The van der Waals surface area contributed by atoms with Crippen LogP contribution in [0.2, 0.25) is 0 Å². The Morgan fingerprint density at radius 1 is 1.50 bits per heavy atom. The normalized spacial score (nSPS) is 16.1. The molecule has 4 heteroatoms. The minimum Gasteiger partial charge on any atom is -0.335 e. The Balaban J connectivity index is 2.28. The minimum atomic E-state index is 0.0574. The molecule has 0 radical (unpaired) electrons. The standard InChI is InChI=1S/C10H21N3O/c1-2-7-13(8-6-11)10(14)12-9-4-3-5-9/h9H,2-8,11H2,1H3,(H,12,14). The van der Waals surface area contributed by atoms with E-state index >= 15 is 0 Å². The third kappa shape index (κ3) is 3.18. The van der Waals surface area contributed by atoms with Gasteiger partial charge in [-0.05, 0) is 25.7 Å². The second-order valence-corrected chi connectivity index (χ2v) is 3.85. The van der Waals surface area contributed by atoms with Crippen molar-refractivity contribution in [3.63, 3.8) is 0 Å². The second-order valence-electron chi connectivity index (χ2n) is 3.85. The van der Waals surface area contributed by atoms with Gasteiger partial charge in [0.25, 0.3) is 0 Å². The molecule has 82 valence electrons. The lowest BCUT2D eigenvalue weighted by Crippen LogP contribution is -2.48. The molecule has 1 fully saturated rings. The van der Waals surface area contributed by atoms with E-state index in [0.717, 1.165) is 25.8 Å². The number of nitrogens with two attached hydrogens (primary N) is 1. The van der Waals surface area contributed by atoms with Gasteiger partial charge in [-0.3, -0.25) is 0 Å². The summed E-state index contributed by atoms with van der Waals surface area (Å²) in [4.78, 5) is 13.5. The van der Waals surface area contributed by atoms with Crippen molar-refractivity contribution in [2.75, 3.05) is 19.6 Å². The average Bonchev–Trinajstić information content (AvgIpc) is 2.11. The molecular weight excluding hydrogens is 178 g/mol. The van der Waals surface area contributed by atoms with Gasteiger partial charge in [-0.2, -0.15) is 0 Å². The molecule has 0 saturated heterocycles. The molecule has 0 aliphatic heterocycles. The molecule has 0 heterocycles. The van der Waals surface area contributed by atoms with Crippen LogP contribution >= 0.6 is 0 Å². The summed E-state index contributed by atoms with van der Waals surface area (Å²) in [7, 11) is 0. The van der Waals surface area contributed by atoms with Crippen LogP contribution in [0.25, 0.3) is 0 Å². The van der Waals surface area contributed by atoms with Crippen LogP contribution in [-0.4, -0.2) is 36.6 Å². The maximum atomic E-state index is 11.7. The van der Waals surface area contributed by atoms with Crippen molar-refractivity contribution in [1.29, 1.82) is 0 Å². The molecule has 1 aliphatic carbocycles. The third-order valence-electron chi connectivity index (χ3n) is 2.61. The van der Waals surface area contributed by atoms with Crippen LogP contribution in [0, 0.1) is 0 Å². The van der Waals surface area contributed by atoms with Crippen LogP contribution in [0.15, 0.2) is 0 Å². The number of amides is 2. The summed E-state index contributed by atoms with van der Waals surface area (Å²) < 4.78 is 0. The number of urea groups is 1. The molecule has 0 atom stereocenters. The van der Waals surface area contributed by atoms with E-state index in [1.54, 1.807) is 4.90 Å². The number of carbonyl (C=O) groups is 1. The van der Waals surface area contributed by atoms with Gasteiger partial charge in [0.15, 0.2) is 0 Å². The molecule has 0 aromatic carbocycles. The van der Waals surface area contributed by atoms with E-state index in [1.807, 2.05) is 0 Å². The number of rotatable bonds is 5. The average molecular weight is 199 g/mol. The molecule has 0 unspecified atom stereocenters. The number of hydrogen-bond donors (Lipinski definition) is 2. The van der Waals surface area contributed by atoms with Crippen LogP contribution in [0.3, 0.4) is 0 Å². The van der Waals surface area contributed by atoms with E-state index in [1.165, 1.54) is 6.42 Å². The Hall–Kier alpha value is -0.770. The maximum Gasteiger partial charge on any atom is 0.317 e. The Kier molecular flexibility index (Phi) is 4.73. The van der Waals surface area contributed by atoms with E-state index in [0.29, 0.717) is 19.1 Å². The summed E-state index contributed by atoms with van der Waals surface area (Å²) >= 11 is 0. The molecule has 14 heavy (non-hydrogen) atoms. The molecule has 0 spiro atoms. The molecular formula is C10H21N3O. The zero-order valence-corrected chi connectivity index (χ0v) is 8.96. The van der Waals surface area contributed by atoms with E-state index in [2.05, 4.69) is 12.2 Å². The van der Waals surface area contributed by atoms with Gasteiger partial charge in [0.1, 0.15) is 0 Å². The van der Waals surface area contributed by atoms with Crippen molar-refractivity contribution in [3.05, 3.63) is 0 Å². The topological polar surface area (TPSA) is 58.4 Å². The molecule has 1 rings (SSSR count). The largest absolute Gasteiger partial charge is 0.335 e. The Morgan fingerprint density at radius 2 is 2.21 bits per heavy atom. The molecule has 0 bridgehead atoms. The van der Waals surface area contributed by atoms with E-state index < -0.39 is 0 Å². The van der Waals surface area contributed by atoms with E-state index in [-0.39, 0.29) is 6.03 Å². The van der Waals surface area contributed by atoms with Crippen LogP contribution in [0.5, 0.6) is 0 Å². The lowest BCUT2D eigenvalue weighted by atomic mass is 9.93. The van der Waals surface area contributed by atoms with Gasteiger partial charge in [-0.1, -0.05) is 6.92 Å². The predicted molar refractivity (Wildman–Crippen MR) is 57.1 cm³/mol. The first-order chi connectivity index (χ1) is 6.77. The lowest BCUT2D eigenvalue weighted by Gasteiger charge is -2.30. The SMILES string of the molecule is CCCN(CCN)C(=O)NC1CCC1. The highest BCUT2D eigenvalue weighted by Crippen LogP contribution is 2.18. The predicted octanol–water partition coefficient (Wildman–Crippen LogP) is 0.919. The zero-order chi connectivity index (χ0) is 10.4. The molecule has 4 nitrogen and oxygen atoms in total. The van der Waals surface area contributed by atoms with Gasteiger partial charge < -0.3 is 16.0 Å². The van der Waals surface area contributed by atoms with Gasteiger partial charge in [0.2, 0.25) is 0 Å². The highest BCUT2D eigenvalue weighted by molar-refractivity contribution is 5.74. The molecule has 3 N–H and O–H groups in total. The summed E-state index contributed by atoms with van der Waals surface area (Å²) in [5, 5.41) is 3.02. The molecule has 0 aromatic heterocycles. The molecule has 0 aromatic rings. The van der Waals surface area contributed by atoms with E-state index in [9.17, 15) is 4.79 Å². The van der Waals surface area contributed by atoms with Gasteiger partial charge in [-0.25, -0.2) is 4.79 Å². The summed E-state index contributed by atoms with van der Waals surface area (Å²) in [6.07, 6.45) is 4.50. The van der Waals surface area contributed by atoms with Gasteiger partial charge >= 0.3 is 6.03 Å². The van der Waals surface area contributed by atoms with Gasteiger partial charge in [0, 0.05) is 25.7 Å². The quantitative estimate of drug-likeness (QED) is 0.691. The third-order valence-corrected chi connectivity index (χ3v) is 2.61. The highest BCUT2D eigenvalue weighted by atomic mass is 16.2. The van der Waals surface area contributed by atoms with Gasteiger partial charge in [-0.15, -0.1) is 0 Å². The Bertz CT molecular complexity index is 174. The molecule has 2 amide bonds. The van der Waals surface area contributed by atoms with Crippen molar-refractivity contribution in [2.24, 2.45) is 5.73 Å². The van der Waals surface area contributed by atoms with Crippen LogP contribution in [0.1, 0.15) is 32.6 Å². The van der Waals surface area contributed by atoms with Crippen molar-refractivity contribution >= 4 is 6.03 Å². The fourth-order valence-electron chi connectivity index (χ4n) is 1.56. The molecule has 1 saturated carbocycles. The summed E-state index contributed by atoms with van der Waals surface area (Å²) in [5.74, 6) is 0. The smallest absolute Gasteiger partial charge is 0.317 e. The van der Waals surface area contributed by atoms with Crippen molar-refractivity contribution in [2.45, 2.75) is 38.6 Å². The first-order valence-electron chi connectivity index (χ1n) is 5.53. The fourth-order valence-corrected chi connectivity index (χ4v) is 1.56. The summed E-state index contributed by atoms with van der Waals surface area (Å²) in [6.45, 7) is 4.07. The number of nitrogens with zero attached hydrogens (tertiary/aromatic N) is 1. The van der Waals surface area contributed by atoms with Crippen molar-refractivity contribution in [3.8, 4) is 0 Å². The first-order valence-corrected chi connectivity index (χ1v) is 5.53. The highest BCUT2D eigenvalue weighted by Gasteiger charge is 2.21. The summed E-state index contributed by atoms with van der Waals surface area (Å²) in [5.41, 5.74) is 5.45. The first kappa shape index (κ1) is 11.3. The Morgan fingerprint density at radius 3 is 2.64 bits per heavy atom. The maximum absolute atomic E-state index is 11.7. The zero-order valence-electron chi connectivity index (χ0n) is 8.96. The minimum absolute atomic E-state index is 0.0574. The number of nitrogens with one attached hydrogen (secondary N) is 1.